The first kappa shape index (κ1) is 23.3. The molecule has 2 aromatic rings. The third-order valence-corrected chi connectivity index (χ3v) is 8.53. The van der Waals surface area contributed by atoms with Crippen LogP contribution in [0.4, 0.5) is 0 Å². The van der Waals surface area contributed by atoms with Gasteiger partial charge >= 0.3 is 0 Å². The maximum atomic E-state index is 12.0. The molecule has 0 N–H and O–H groups in total. The lowest BCUT2D eigenvalue weighted by molar-refractivity contribution is 0.256. The molecule has 1 atom stereocenters. The molecule has 7 heteroatoms. The monoisotopic (exact) mass is 484 g/mol. The molecule has 1 aliphatic carbocycles. The molecule has 168 valence electrons. The van der Waals surface area contributed by atoms with Crippen LogP contribution in [0.5, 0.6) is 0 Å². The van der Waals surface area contributed by atoms with Crippen LogP contribution in [0.25, 0.3) is 11.6 Å². The normalized spacial score (nSPS) is 19.8. The molecular formula is C25H29ClN2O2SSi. The fourth-order valence-electron chi connectivity index (χ4n) is 4.60. The number of sulfonamides is 1. The summed E-state index contributed by atoms with van der Waals surface area (Å²) in [5, 5.41) is 0.696. The largest absolute Gasteiger partial charge is 0.260 e. The molecule has 1 aromatic carbocycles. The number of rotatable bonds is 2. The first-order valence-corrected chi connectivity index (χ1v) is 16.7. The molecule has 0 spiro atoms. The molecule has 1 aromatic heterocycles. The quantitative estimate of drug-likeness (QED) is 0.430. The molecule has 2 heterocycles. The van der Waals surface area contributed by atoms with E-state index in [1.54, 1.807) is 4.31 Å². The van der Waals surface area contributed by atoms with Crippen molar-refractivity contribution in [1.29, 1.82) is 0 Å². The van der Waals surface area contributed by atoms with E-state index in [-0.39, 0.29) is 5.92 Å². The summed E-state index contributed by atoms with van der Waals surface area (Å²) < 4.78 is 25.7. The molecule has 32 heavy (non-hydrogen) atoms. The van der Waals surface area contributed by atoms with Crippen molar-refractivity contribution in [3.8, 4) is 11.5 Å². The Kier molecular flexibility index (Phi) is 6.39. The summed E-state index contributed by atoms with van der Waals surface area (Å²) >= 11 is 6.39. The van der Waals surface area contributed by atoms with Crippen LogP contribution in [0.1, 0.15) is 41.1 Å². The van der Waals surface area contributed by atoms with Crippen LogP contribution in [0.2, 0.25) is 24.7 Å². The van der Waals surface area contributed by atoms with E-state index in [1.807, 2.05) is 24.4 Å². The van der Waals surface area contributed by atoms with Crippen molar-refractivity contribution in [3.63, 3.8) is 0 Å². The summed E-state index contributed by atoms with van der Waals surface area (Å²) in [5.74, 6) is 3.83. The number of hydrogen-bond acceptors (Lipinski definition) is 3. The van der Waals surface area contributed by atoms with Crippen LogP contribution in [-0.2, 0) is 10.0 Å². The molecule has 1 unspecified atom stereocenters. The average Bonchev–Trinajstić information content (AvgIpc) is 2.85. The summed E-state index contributed by atoms with van der Waals surface area (Å²) in [4.78, 5) is 4.86. The molecule has 0 amide bonds. The van der Waals surface area contributed by atoms with Gasteiger partial charge in [0.15, 0.2) is 0 Å². The van der Waals surface area contributed by atoms with E-state index in [1.165, 1.54) is 11.8 Å². The summed E-state index contributed by atoms with van der Waals surface area (Å²) in [7, 11) is -4.74. The molecule has 0 bridgehead atoms. The highest BCUT2D eigenvalue weighted by Gasteiger charge is 2.35. The summed E-state index contributed by atoms with van der Waals surface area (Å²) in [5.41, 5.74) is 8.86. The van der Waals surface area contributed by atoms with Gasteiger partial charge in [0.2, 0.25) is 10.0 Å². The zero-order chi connectivity index (χ0) is 23.1. The van der Waals surface area contributed by atoms with E-state index >= 15 is 0 Å². The van der Waals surface area contributed by atoms with Gasteiger partial charge in [-0.15, -0.1) is 5.54 Å². The number of benzene rings is 1. The Morgan fingerprint density at radius 1 is 1.16 bits per heavy atom. The maximum Gasteiger partial charge on any atom is 0.211 e. The predicted octanol–water partition coefficient (Wildman–Crippen LogP) is 5.27. The Hall–Kier alpha value is -1.91. The smallest absolute Gasteiger partial charge is 0.211 e. The number of nitrogens with zero attached hydrogens (tertiary/aromatic N) is 2. The Labute approximate surface area is 197 Å². The zero-order valence-corrected chi connectivity index (χ0v) is 21.6. The Bertz CT molecular complexity index is 1230. The topological polar surface area (TPSA) is 50.3 Å². The van der Waals surface area contributed by atoms with Gasteiger partial charge < -0.3 is 0 Å². The van der Waals surface area contributed by atoms with Crippen LogP contribution in [0.3, 0.4) is 0 Å². The summed E-state index contributed by atoms with van der Waals surface area (Å²) in [6.45, 7) is 7.81. The van der Waals surface area contributed by atoms with Crippen molar-refractivity contribution in [1.82, 2.24) is 9.29 Å². The standard InChI is InChI=1S/C25H29ClN2O2SSi/c1-31(29,30)28-13-9-18(10-14-28)24-22-8-7-21(26)17-20(22)16-19(11-15-32(2,3)4)23-6-5-12-27-25(23)24/h5-8,12,16-18,24H,9-10,13-14H2,1-4H3. The van der Waals surface area contributed by atoms with E-state index in [0.29, 0.717) is 24.0 Å². The van der Waals surface area contributed by atoms with Crippen molar-refractivity contribution in [3.05, 3.63) is 63.9 Å². The molecule has 0 radical (unpaired) electrons. The molecule has 1 aliphatic heterocycles. The minimum atomic E-state index is -3.17. The second-order valence-electron chi connectivity index (χ2n) is 9.74. The highest BCUT2D eigenvalue weighted by Crippen LogP contribution is 2.44. The second kappa shape index (κ2) is 8.79. The fourth-order valence-corrected chi connectivity index (χ4v) is 6.17. The second-order valence-corrected chi connectivity index (χ2v) is 16.9. The highest BCUT2D eigenvalue weighted by atomic mass is 35.5. The number of halogens is 1. The third kappa shape index (κ3) is 5.02. The van der Waals surface area contributed by atoms with Crippen LogP contribution >= 0.6 is 11.6 Å². The van der Waals surface area contributed by atoms with Crippen molar-refractivity contribution in [2.75, 3.05) is 19.3 Å². The van der Waals surface area contributed by atoms with E-state index < -0.39 is 18.1 Å². The SMILES string of the molecule is C[Si](C)(C)C#CC1=Cc2cc(Cl)ccc2C(C2CCN(S(C)(=O)=O)CC2)c2ncccc21. The minimum absolute atomic E-state index is 0.0719. The van der Waals surface area contributed by atoms with Gasteiger partial charge in [-0.25, -0.2) is 12.7 Å². The highest BCUT2D eigenvalue weighted by molar-refractivity contribution is 7.88. The van der Waals surface area contributed by atoms with E-state index in [2.05, 4.69) is 49.3 Å². The van der Waals surface area contributed by atoms with Gasteiger partial charge in [0.1, 0.15) is 8.07 Å². The zero-order valence-electron chi connectivity index (χ0n) is 19.0. The first-order valence-electron chi connectivity index (χ1n) is 11.0. The predicted molar refractivity (Wildman–Crippen MR) is 136 cm³/mol. The number of hydrogen-bond donors (Lipinski definition) is 0. The average molecular weight is 485 g/mol. The van der Waals surface area contributed by atoms with E-state index in [9.17, 15) is 8.42 Å². The van der Waals surface area contributed by atoms with Crippen molar-refractivity contribution < 1.29 is 8.42 Å². The van der Waals surface area contributed by atoms with Gasteiger partial charge in [-0.1, -0.05) is 49.3 Å². The minimum Gasteiger partial charge on any atom is -0.260 e. The molecule has 4 rings (SSSR count). The molecule has 1 saturated heterocycles. The number of aromatic nitrogens is 1. The molecule has 1 fully saturated rings. The molecular weight excluding hydrogens is 456 g/mol. The van der Waals surface area contributed by atoms with Gasteiger partial charge in [-0.3, -0.25) is 4.98 Å². The van der Waals surface area contributed by atoms with Gasteiger partial charge in [-0.2, -0.15) is 0 Å². The van der Waals surface area contributed by atoms with E-state index in [0.717, 1.165) is 35.2 Å². The van der Waals surface area contributed by atoms with Gasteiger partial charge in [-0.05, 0) is 54.2 Å². The van der Waals surface area contributed by atoms with Crippen LogP contribution in [0, 0.1) is 17.4 Å². The fraction of sp³-hybridized carbons (Fsp3) is 0.400. The summed E-state index contributed by atoms with van der Waals surface area (Å²) in [6.07, 6.45) is 6.89. The number of allylic oxidation sites excluding steroid dienone is 1. The summed E-state index contributed by atoms with van der Waals surface area (Å²) in [6, 6.07) is 10.1. The van der Waals surface area contributed by atoms with Crippen molar-refractivity contribution >= 4 is 41.3 Å². The van der Waals surface area contributed by atoms with Crippen LogP contribution < -0.4 is 0 Å². The Morgan fingerprint density at radius 2 is 1.88 bits per heavy atom. The number of piperidine rings is 1. The van der Waals surface area contributed by atoms with Crippen LogP contribution in [-0.4, -0.2) is 45.1 Å². The van der Waals surface area contributed by atoms with Crippen molar-refractivity contribution in [2.45, 2.75) is 38.4 Å². The number of fused-ring (bicyclic) bond motifs is 2. The van der Waals surface area contributed by atoms with Gasteiger partial charge in [0, 0.05) is 41.4 Å². The Morgan fingerprint density at radius 3 is 2.53 bits per heavy atom. The lowest BCUT2D eigenvalue weighted by atomic mass is 9.76. The lowest BCUT2D eigenvalue weighted by Gasteiger charge is -2.35. The lowest BCUT2D eigenvalue weighted by Crippen LogP contribution is -2.39. The van der Waals surface area contributed by atoms with Gasteiger partial charge in [0.05, 0.1) is 11.9 Å². The first-order chi connectivity index (χ1) is 15.0. The molecule has 0 saturated carbocycles. The molecule has 4 nitrogen and oxygen atoms in total. The third-order valence-electron chi connectivity index (χ3n) is 6.12. The number of pyridine rings is 1. The Balaban J connectivity index is 1.84. The van der Waals surface area contributed by atoms with Crippen LogP contribution in [0.15, 0.2) is 36.5 Å². The maximum absolute atomic E-state index is 12.0. The van der Waals surface area contributed by atoms with Gasteiger partial charge in [0.25, 0.3) is 0 Å². The molecule has 2 aliphatic rings. The van der Waals surface area contributed by atoms with E-state index in [4.69, 9.17) is 16.6 Å². The van der Waals surface area contributed by atoms with Crippen molar-refractivity contribution in [2.24, 2.45) is 5.92 Å².